The predicted molar refractivity (Wildman–Crippen MR) is 83.8 cm³/mol. The van der Waals surface area contributed by atoms with E-state index in [1.54, 1.807) is 0 Å². The van der Waals surface area contributed by atoms with Gasteiger partial charge in [0.05, 0.1) is 12.0 Å². The van der Waals surface area contributed by atoms with Gasteiger partial charge in [0, 0.05) is 31.3 Å². The third-order valence-electron chi connectivity index (χ3n) is 3.85. The number of nitro groups is 1. The van der Waals surface area contributed by atoms with Crippen LogP contribution in [0.1, 0.15) is 12.8 Å². The third kappa shape index (κ3) is 4.10. The first-order valence-electron chi connectivity index (χ1n) is 7.46. The second kappa shape index (κ2) is 7.77. The van der Waals surface area contributed by atoms with Crippen LogP contribution in [0.4, 0.5) is 5.69 Å². The molecule has 0 saturated carbocycles. The molecule has 0 aromatic heterocycles. The van der Waals surface area contributed by atoms with Gasteiger partial charge in [0.15, 0.2) is 6.61 Å². The van der Waals surface area contributed by atoms with Gasteiger partial charge in [-0.2, -0.15) is 0 Å². The standard InChI is InChI=1S/C15H21N3O5/c1-16-9-11-4-3-7-17(11)15(19)10-23-12-5-6-13(18(20)21)14(8-12)22-2/h5-6,8,11,16H,3-4,7,9-10H2,1-2H3. The van der Waals surface area contributed by atoms with Gasteiger partial charge >= 0.3 is 5.69 Å². The van der Waals surface area contributed by atoms with Crippen molar-refractivity contribution in [1.82, 2.24) is 10.2 Å². The molecule has 1 unspecified atom stereocenters. The van der Waals surface area contributed by atoms with E-state index in [2.05, 4.69) is 5.32 Å². The molecule has 1 fully saturated rings. The van der Waals surface area contributed by atoms with Gasteiger partial charge in [0.25, 0.3) is 5.91 Å². The molecule has 8 nitrogen and oxygen atoms in total. The van der Waals surface area contributed by atoms with Crippen LogP contribution >= 0.6 is 0 Å². The number of carbonyl (C=O) groups is 1. The first kappa shape index (κ1) is 17.0. The summed E-state index contributed by atoms with van der Waals surface area (Å²) in [4.78, 5) is 24.4. The maximum atomic E-state index is 12.3. The normalized spacial score (nSPS) is 17.1. The highest BCUT2D eigenvalue weighted by Crippen LogP contribution is 2.30. The average Bonchev–Trinajstić information content (AvgIpc) is 3.00. The number of likely N-dealkylation sites (tertiary alicyclic amines) is 1. The minimum Gasteiger partial charge on any atom is -0.490 e. The lowest BCUT2D eigenvalue weighted by molar-refractivity contribution is -0.385. The van der Waals surface area contributed by atoms with Crippen LogP contribution in [0.3, 0.4) is 0 Å². The fourth-order valence-electron chi connectivity index (χ4n) is 2.74. The Kier molecular flexibility index (Phi) is 5.75. The summed E-state index contributed by atoms with van der Waals surface area (Å²) in [6.45, 7) is 1.40. The summed E-state index contributed by atoms with van der Waals surface area (Å²) >= 11 is 0. The zero-order chi connectivity index (χ0) is 16.8. The molecule has 0 bridgehead atoms. The van der Waals surface area contributed by atoms with Crippen molar-refractivity contribution < 1.29 is 19.2 Å². The molecule has 0 aliphatic carbocycles. The Bertz CT molecular complexity index is 578. The summed E-state index contributed by atoms with van der Waals surface area (Å²) in [5.41, 5.74) is -0.139. The maximum absolute atomic E-state index is 12.3. The van der Waals surface area contributed by atoms with Crippen LogP contribution < -0.4 is 14.8 Å². The van der Waals surface area contributed by atoms with Gasteiger partial charge in [-0.1, -0.05) is 0 Å². The quantitative estimate of drug-likeness (QED) is 0.598. The molecule has 1 saturated heterocycles. The summed E-state index contributed by atoms with van der Waals surface area (Å²) in [6.07, 6.45) is 1.97. The van der Waals surface area contributed by atoms with Crippen LogP contribution in [0.25, 0.3) is 0 Å². The predicted octanol–water partition coefficient (Wildman–Crippen LogP) is 1.19. The SMILES string of the molecule is CNCC1CCCN1C(=O)COc1ccc([N+](=O)[O-])c(OC)c1. The number of hydrogen-bond acceptors (Lipinski definition) is 6. The van der Waals surface area contributed by atoms with E-state index in [4.69, 9.17) is 9.47 Å². The molecule has 8 heteroatoms. The minimum absolute atomic E-state index is 0.0833. The van der Waals surface area contributed by atoms with E-state index in [-0.39, 0.29) is 30.0 Å². The Morgan fingerprint density at radius 1 is 1.52 bits per heavy atom. The molecule has 126 valence electrons. The van der Waals surface area contributed by atoms with Crippen molar-refractivity contribution in [1.29, 1.82) is 0 Å². The smallest absolute Gasteiger partial charge is 0.311 e. The number of nitrogens with one attached hydrogen (secondary N) is 1. The number of rotatable bonds is 7. The third-order valence-corrected chi connectivity index (χ3v) is 3.85. The van der Waals surface area contributed by atoms with E-state index in [0.29, 0.717) is 5.75 Å². The van der Waals surface area contributed by atoms with Gasteiger partial charge in [0.2, 0.25) is 5.75 Å². The van der Waals surface area contributed by atoms with E-state index < -0.39 is 4.92 Å². The van der Waals surface area contributed by atoms with E-state index in [1.165, 1.54) is 25.3 Å². The summed E-state index contributed by atoms with van der Waals surface area (Å²) in [5.74, 6) is 0.388. The van der Waals surface area contributed by atoms with Crippen LogP contribution in [-0.2, 0) is 4.79 Å². The first-order chi connectivity index (χ1) is 11.1. The number of amides is 1. The molecule has 1 heterocycles. The van der Waals surface area contributed by atoms with Crippen molar-refractivity contribution in [3.63, 3.8) is 0 Å². The summed E-state index contributed by atoms with van der Waals surface area (Å²) in [6, 6.07) is 4.38. The number of nitrogens with zero attached hydrogens (tertiary/aromatic N) is 2. The highest BCUT2D eigenvalue weighted by atomic mass is 16.6. The summed E-state index contributed by atoms with van der Waals surface area (Å²) < 4.78 is 10.4. The van der Waals surface area contributed by atoms with Gasteiger partial charge in [0.1, 0.15) is 5.75 Å². The van der Waals surface area contributed by atoms with Gasteiger partial charge < -0.3 is 19.7 Å². The number of benzene rings is 1. The second-order valence-corrected chi connectivity index (χ2v) is 5.32. The lowest BCUT2D eigenvalue weighted by Crippen LogP contribution is -2.43. The Morgan fingerprint density at radius 3 is 2.96 bits per heavy atom. The molecule has 1 aromatic carbocycles. The molecular weight excluding hydrogens is 302 g/mol. The number of nitro benzene ring substituents is 1. The van der Waals surface area contributed by atoms with Crippen LogP contribution in [0.2, 0.25) is 0 Å². The number of carbonyl (C=O) groups excluding carboxylic acids is 1. The van der Waals surface area contributed by atoms with Crippen molar-refractivity contribution in [3.05, 3.63) is 28.3 Å². The van der Waals surface area contributed by atoms with Gasteiger partial charge in [-0.25, -0.2) is 0 Å². The van der Waals surface area contributed by atoms with Crippen molar-refractivity contribution in [2.75, 3.05) is 33.9 Å². The molecular formula is C15H21N3O5. The topological polar surface area (TPSA) is 93.9 Å². The van der Waals surface area contributed by atoms with Gasteiger partial charge in [-0.3, -0.25) is 14.9 Å². The van der Waals surface area contributed by atoms with E-state index in [9.17, 15) is 14.9 Å². The van der Waals surface area contributed by atoms with Crippen molar-refractivity contribution in [2.45, 2.75) is 18.9 Å². The molecule has 1 aromatic rings. The highest BCUT2D eigenvalue weighted by molar-refractivity contribution is 5.78. The largest absolute Gasteiger partial charge is 0.490 e. The summed E-state index contributed by atoms with van der Waals surface area (Å²) in [5, 5.41) is 13.9. The van der Waals surface area contributed by atoms with E-state index >= 15 is 0 Å². The zero-order valence-electron chi connectivity index (χ0n) is 13.3. The Balaban J connectivity index is 1.97. The number of ether oxygens (including phenoxy) is 2. The van der Waals surface area contributed by atoms with E-state index in [0.717, 1.165) is 25.9 Å². The fraction of sp³-hybridized carbons (Fsp3) is 0.533. The van der Waals surface area contributed by atoms with Crippen LogP contribution in [0, 0.1) is 10.1 Å². The number of likely N-dealkylation sites (N-methyl/N-ethyl adjacent to an activating group) is 1. The Hall–Kier alpha value is -2.35. The highest BCUT2D eigenvalue weighted by Gasteiger charge is 2.28. The van der Waals surface area contributed by atoms with Crippen molar-refractivity contribution in [2.24, 2.45) is 0 Å². The molecule has 0 radical (unpaired) electrons. The lowest BCUT2D eigenvalue weighted by Gasteiger charge is -2.24. The molecule has 1 amide bonds. The average molecular weight is 323 g/mol. The second-order valence-electron chi connectivity index (χ2n) is 5.32. The number of methoxy groups -OCH3 is 1. The maximum Gasteiger partial charge on any atom is 0.311 e. The van der Waals surface area contributed by atoms with Crippen molar-refractivity contribution in [3.8, 4) is 11.5 Å². The Morgan fingerprint density at radius 2 is 2.30 bits per heavy atom. The molecule has 2 rings (SSSR count). The van der Waals surface area contributed by atoms with Crippen LogP contribution in [0.5, 0.6) is 11.5 Å². The van der Waals surface area contributed by atoms with Gasteiger partial charge in [-0.05, 0) is 26.0 Å². The van der Waals surface area contributed by atoms with Gasteiger partial charge in [-0.15, -0.1) is 0 Å². The fourth-order valence-corrected chi connectivity index (χ4v) is 2.74. The lowest BCUT2D eigenvalue weighted by atomic mass is 10.2. The first-order valence-corrected chi connectivity index (χ1v) is 7.46. The zero-order valence-corrected chi connectivity index (χ0v) is 13.3. The Labute approximate surface area is 134 Å². The van der Waals surface area contributed by atoms with Crippen LogP contribution in [-0.4, -0.2) is 55.6 Å². The molecule has 1 N–H and O–H groups in total. The number of hydrogen-bond donors (Lipinski definition) is 1. The van der Waals surface area contributed by atoms with Crippen molar-refractivity contribution >= 4 is 11.6 Å². The molecule has 1 atom stereocenters. The molecule has 1 aliphatic rings. The summed E-state index contributed by atoms with van der Waals surface area (Å²) in [7, 11) is 3.21. The minimum atomic E-state index is -0.527. The van der Waals surface area contributed by atoms with E-state index in [1.807, 2.05) is 11.9 Å². The van der Waals surface area contributed by atoms with Crippen LogP contribution in [0.15, 0.2) is 18.2 Å². The molecule has 0 spiro atoms. The molecule has 1 aliphatic heterocycles. The monoisotopic (exact) mass is 323 g/mol. The molecule has 23 heavy (non-hydrogen) atoms.